The lowest BCUT2D eigenvalue weighted by Gasteiger charge is -1.88. The molecule has 0 radical (unpaired) electrons. The van der Waals surface area contributed by atoms with Crippen LogP contribution in [0.4, 0.5) is 0 Å². The molecule has 11 heavy (non-hydrogen) atoms. The van der Waals surface area contributed by atoms with Crippen molar-refractivity contribution in [3.63, 3.8) is 0 Å². The van der Waals surface area contributed by atoms with Crippen LogP contribution in [0.25, 0.3) is 0 Å². The third kappa shape index (κ3) is 1.59. The van der Waals surface area contributed by atoms with E-state index in [9.17, 15) is 4.79 Å². The molecule has 60 valence electrons. The van der Waals surface area contributed by atoms with Gasteiger partial charge in [0.1, 0.15) is 6.61 Å². The van der Waals surface area contributed by atoms with Gasteiger partial charge in [0.05, 0.1) is 0 Å². The van der Waals surface area contributed by atoms with Crippen molar-refractivity contribution in [3.05, 3.63) is 34.8 Å². The second kappa shape index (κ2) is 3.21. The summed E-state index contributed by atoms with van der Waals surface area (Å²) in [5, 5.41) is 8.63. The van der Waals surface area contributed by atoms with E-state index in [0.717, 1.165) is 0 Å². The van der Waals surface area contributed by atoms with Crippen molar-refractivity contribution < 1.29 is 13.9 Å². The molecule has 1 aromatic rings. The van der Waals surface area contributed by atoms with Crippen LogP contribution in [-0.4, -0.2) is 5.11 Å². The van der Waals surface area contributed by atoms with Crippen molar-refractivity contribution in [2.75, 3.05) is 0 Å². The molecule has 0 amide bonds. The van der Waals surface area contributed by atoms with Gasteiger partial charge in [-0.05, 0) is 0 Å². The molecule has 0 fully saturated rings. The Morgan fingerprint density at radius 1 is 1.45 bits per heavy atom. The summed E-state index contributed by atoms with van der Waals surface area (Å²) in [4.78, 5) is 10.5. The highest BCUT2D eigenvalue weighted by atomic mass is 16.6. The fourth-order valence-corrected chi connectivity index (χ4v) is 0.743. The maximum atomic E-state index is 10.5. The molecule has 0 aliphatic rings. The van der Waals surface area contributed by atoms with E-state index in [4.69, 9.17) is 5.11 Å². The van der Waals surface area contributed by atoms with Crippen molar-refractivity contribution in [1.82, 2.24) is 0 Å². The van der Waals surface area contributed by atoms with Crippen LogP contribution < -0.4 is 5.82 Å². The second-order valence-corrected chi connectivity index (χ2v) is 1.95. The molecule has 0 atom stereocenters. The van der Waals surface area contributed by atoms with E-state index in [1.807, 2.05) is 0 Å². The highest BCUT2D eigenvalue weighted by Gasteiger charge is 2.08. The van der Waals surface area contributed by atoms with Crippen LogP contribution in [0, 0.1) is 0 Å². The number of hydrogen-bond donors (Lipinski definition) is 1. The first-order chi connectivity index (χ1) is 5.27. The molecule has 0 spiro atoms. The SMILES string of the molecule is C=CCc1oc(=O)oc1CO. The minimum Gasteiger partial charge on any atom is -0.395 e. The van der Waals surface area contributed by atoms with E-state index >= 15 is 0 Å². The Morgan fingerprint density at radius 2 is 2.09 bits per heavy atom. The quantitative estimate of drug-likeness (QED) is 0.645. The summed E-state index contributed by atoms with van der Waals surface area (Å²) in [5.74, 6) is -0.270. The first-order valence-electron chi connectivity index (χ1n) is 3.11. The van der Waals surface area contributed by atoms with Crippen molar-refractivity contribution in [2.45, 2.75) is 13.0 Å². The molecule has 0 aliphatic carbocycles. The molecule has 1 N–H and O–H groups in total. The van der Waals surface area contributed by atoms with E-state index in [0.29, 0.717) is 12.2 Å². The van der Waals surface area contributed by atoms with Crippen LogP contribution in [-0.2, 0) is 13.0 Å². The minimum atomic E-state index is -0.786. The van der Waals surface area contributed by atoms with Gasteiger partial charge in [-0.25, -0.2) is 4.79 Å². The van der Waals surface area contributed by atoms with Crippen molar-refractivity contribution in [1.29, 1.82) is 0 Å². The predicted molar refractivity (Wildman–Crippen MR) is 37.1 cm³/mol. The van der Waals surface area contributed by atoms with Gasteiger partial charge < -0.3 is 13.9 Å². The Kier molecular flexibility index (Phi) is 2.28. The van der Waals surface area contributed by atoms with Gasteiger partial charge in [-0.1, -0.05) is 6.08 Å². The fourth-order valence-electron chi connectivity index (χ4n) is 0.743. The lowest BCUT2D eigenvalue weighted by Crippen LogP contribution is -1.86. The topological polar surface area (TPSA) is 63.6 Å². The predicted octanol–water partition coefficient (Wildman–Crippen LogP) is 0.454. The van der Waals surface area contributed by atoms with Crippen LogP contribution >= 0.6 is 0 Å². The van der Waals surface area contributed by atoms with Crippen molar-refractivity contribution in [2.24, 2.45) is 0 Å². The van der Waals surface area contributed by atoms with Gasteiger partial charge >= 0.3 is 5.82 Å². The van der Waals surface area contributed by atoms with Gasteiger partial charge in [-0.3, -0.25) is 0 Å². The average Bonchev–Trinajstić information content (AvgIpc) is 2.32. The largest absolute Gasteiger partial charge is 0.519 e. The summed E-state index contributed by atoms with van der Waals surface area (Å²) < 4.78 is 9.09. The van der Waals surface area contributed by atoms with Crippen LogP contribution in [0.15, 0.2) is 26.3 Å². The molecular weight excluding hydrogens is 148 g/mol. The number of allylic oxidation sites excluding steroid dienone is 1. The van der Waals surface area contributed by atoms with Crippen LogP contribution in [0.1, 0.15) is 11.5 Å². The number of rotatable bonds is 3. The number of hydrogen-bond acceptors (Lipinski definition) is 4. The Labute approximate surface area is 62.8 Å². The summed E-state index contributed by atoms with van der Waals surface area (Å²) in [6.45, 7) is 3.13. The number of aliphatic hydroxyl groups excluding tert-OH is 1. The first-order valence-corrected chi connectivity index (χ1v) is 3.11. The molecule has 0 saturated heterocycles. The van der Waals surface area contributed by atoms with Gasteiger partial charge in [0, 0.05) is 6.42 Å². The van der Waals surface area contributed by atoms with Crippen LogP contribution in [0.2, 0.25) is 0 Å². The first kappa shape index (κ1) is 7.81. The van der Waals surface area contributed by atoms with Gasteiger partial charge in [0.15, 0.2) is 11.5 Å². The second-order valence-electron chi connectivity index (χ2n) is 1.95. The molecule has 1 rings (SSSR count). The Balaban J connectivity index is 3.01. The molecule has 0 unspecified atom stereocenters. The summed E-state index contributed by atoms with van der Waals surface area (Å²) in [5.41, 5.74) is 0. The van der Waals surface area contributed by atoms with Crippen molar-refractivity contribution >= 4 is 0 Å². The van der Waals surface area contributed by atoms with Gasteiger partial charge in [-0.2, -0.15) is 0 Å². The summed E-state index contributed by atoms with van der Waals surface area (Å²) >= 11 is 0. The molecule has 0 saturated carbocycles. The van der Waals surface area contributed by atoms with Gasteiger partial charge in [0.25, 0.3) is 0 Å². The molecule has 0 bridgehead atoms. The van der Waals surface area contributed by atoms with E-state index in [2.05, 4.69) is 15.4 Å². The van der Waals surface area contributed by atoms with Crippen LogP contribution in [0.5, 0.6) is 0 Å². The van der Waals surface area contributed by atoms with E-state index < -0.39 is 5.82 Å². The zero-order valence-electron chi connectivity index (χ0n) is 5.87. The minimum absolute atomic E-state index is 0.176. The molecular formula is C7H8O4. The lowest BCUT2D eigenvalue weighted by molar-refractivity contribution is 0.240. The monoisotopic (exact) mass is 156 g/mol. The van der Waals surface area contributed by atoms with Gasteiger partial charge in [-0.15, -0.1) is 6.58 Å². The smallest absolute Gasteiger partial charge is 0.395 e. The molecule has 4 heteroatoms. The summed E-state index contributed by atoms with van der Waals surface area (Å²) in [6, 6.07) is 0. The highest BCUT2D eigenvalue weighted by molar-refractivity contribution is 5.05. The lowest BCUT2D eigenvalue weighted by atomic mass is 10.3. The maximum Gasteiger partial charge on any atom is 0.519 e. The van der Waals surface area contributed by atoms with E-state index in [-0.39, 0.29) is 12.4 Å². The standard InChI is InChI=1S/C7H8O4/c1-2-3-5-6(4-8)11-7(9)10-5/h2,8H,1,3-4H2. The number of aliphatic hydroxyl groups is 1. The fraction of sp³-hybridized carbons (Fsp3) is 0.286. The molecule has 1 aromatic heterocycles. The third-order valence-electron chi connectivity index (χ3n) is 1.20. The summed E-state index contributed by atoms with van der Waals surface area (Å²) in [6.07, 6.45) is 1.95. The maximum absolute atomic E-state index is 10.5. The zero-order valence-corrected chi connectivity index (χ0v) is 5.87. The van der Waals surface area contributed by atoms with Crippen LogP contribution in [0.3, 0.4) is 0 Å². The molecule has 0 aromatic carbocycles. The normalized spacial score (nSPS) is 9.91. The van der Waals surface area contributed by atoms with E-state index in [1.165, 1.54) is 0 Å². The average molecular weight is 156 g/mol. The Bertz CT molecular complexity index is 294. The van der Waals surface area contributed by atoms with Gasteiger partial charge in [0.2, 0.25) is 0 Å². The Hall–Kier alpha value is -1.29. The highest BCUT2D eigenvalue weighted by Crippen LogP contribution is 2.07. The van der Waals surface area contributed by atoms with Crippen molar-refractivity contribution in [3.8, 4) is 0 Å². The molecule has 1 heterocycles. The molecule has 4 nitrogen and oxygen atoms in total. The third-order valence-corrected chi connectivity index (χ3v) is 1.20. The Morgan fingerprint density at radius 3 is 2.64 bits per heavy atom. The zero-order chi connectivity index (χ0) is 8.27. The van der Waals surface area contributed by atoms with E-state index in [1.54, 1.807) is 6.08 Å². The molecule has 0 aliphatic heterocycles. The summed E-state index contributed by atoms with van der Waals surface area (Å²) in [7, 11) is 0.